The van der Waals surface area contributed by atoms with Crippen LogP contribution in [0, 0.1) is 0 Å². The summed E-state index contributed by atoms with van der Waals surface area (Å²) in [5.41, 5.74) is 6.22. The van der Waals surface area contributed by atoms with E-state index in [-0.39, 0.29) is 13.2 Å². The molecule has 4 N–H and O–H groups in total. The molecule has 4 heteroatoms. The first-order valence-electron chi connectivity index (χ1n) is 6.30. The zero-order valence-electron chi connectivity index (χ0n) is 10.9. The first kappa shape index (κ1) is 15.0. The number of benzene rings is 1. The van der Waals surface area contributed by atoms with E-state index in [9.17, 15) is 0 Å². The average Bonchev–Trinajstić information content (AvgIpc) is 2.39. The SMILES string of the molecule is CC(N)(CO)CCCCOc1ccc(CO)cc1. The van der Waals surface area contributed by atoms with Crippen molar-refractivity contribution < 1.29 is 14.9 Å². The minimum Gasteiger partial charge on any atom is -0.494 e. The summed E-state index contributed by atoms with van der Waals surface area (Å²) >= 11 is 0. The maximum atomic E-state index is 9.00. The topological polar surface area (TPSA) is 75.7 Å². The Morgan fingerprint density at radius 3 is 2.39 bits per heavy atom. The highest BCUT2D eigenvalue weighted by Crippen LogP contribution is 2.14. The van der Waals surface area contributed by atoms with Crippen molar-refractivity contribution in [3.8, 4) is 5.75 Å². The van der Waals surface area contributed by atoms with Gasteiger partial charge in [-0.3, -0.25) is 0 Å². The van der Waals surface area contributed by atoms with Crippen LogP contribution in [-0.2, 0) is 6.61 Å². The first-order chi connectivity index (χ1) is 8.57. The van der Waals surface area contributed by atoms with E-state index in [2.05, 4.69) is 0 Å². The number of nitrogens with two attached hydrogens (primary N) is 1. The maximum absolute atomic E-state index is 9.00. The molecule has 102 valence electrons. The summed E-state index contributed by atoms with van der Waals surface area (Å²) in [5, 5.41) is 17.9. The monoisotopic (exact) mass is 253 g/mol. The normalized spacial score (nSPS) is 14.2. The highest BCUT2D eigenvalue weighted by atomic mass is 16.5. The lowest BCUT2D eigenvalue weighted by Gasteiger charge is -2.21. The molecule has 0 aliphatic rings. The molecule has 0 aliphatic carbocycles. The molecule has 1 rings (SSSR count). The molecule has 0 radical (unpaired) electrons. The summed E-state index contributed by atoms with van der Waals surface area (Å²) in [6.07, 6.45) is 2.63. The number of aliphatic hydroxyl groups excluding tert-OH is 2. The van der Waals surface area contributed by atoms with Gasteiger partial charge in [0.25, 0.3) is 0 Å². The number of aliphatic hydroxyl groups is 2. The standard InChI is InChI=1S/C14H23NO3/c1-14(15,11-17)8-2-3-9-18-13-6-4-12(10-16)5-7-13/h4-7,16-17H,2-3,8-11,15H2,1H3. The third kappa shape index (κ3) is 5.49. The van der Waals surface area contributed by atoms with Crippen LogP contribution in [0.1, 0.15) is 31.7 Å². The fourth-order valence-electron chi connectivity index (χ4n) is 1.59. The molecule has 1 unspecified atom stereocenters. The molecule has 18 heavy (non-hydrogen) atoms. The van der Waals surface area contributed by atoms with Gasteiger partial charge in [0.2, 0.25) is 0 Å². The van der Waals surface area contributed by atoms with Gasteiger partial charge < -0.3 is 20.7 Å². The van der Waals surface area contributed by atoms with E-state index < -0.39 is 5.54 Å². The van der Waals surface area contributed by atoms with Crippen LogP contribution in [0.5, 0.6) is 5.75 Å². The summed E-state index contributed by atoms with van der Waals surface area (Å²) in [7, 11) is 0. The second-order valence-electron chi connectivity index (χ2n) is 4.92. The molecule has 0 saturated heterocycles. The molecule has 0 spiro atoms. The van der Waals surface area contributed by atoms with Crippen LogP contribution in [0.15, 0.2) is 24.3 Å². The number of ether oxygens (including phenoxy) is 1. The summed E-state index contributed by atoms with van der Waals surface area (Å²) in [6, 6.07) is 7.40. The van der Waals surface area contributed by atoms with E-state index in [1.54, 1.807) is 0 Å². The molecule has 1 aromatic carbocycles. The van der Waals surface area contributed by atoms with Crippen LogP contribution in [0.3, 0.4) is 0 Å². The molecule has 0 bridgehead atoms. The van der Waals surface area contributed by atoms with Gasteiger partial charge in [0.15, 0.2) is 0 Å². The van der Waals surface area contributed by atoms with Crippen molar-refractivity contribution in [2.75, 3.05) is 13.2 Å². The van der Waals surface area contributed by atoms with Gasteiger partial charge in [-0.2, -0.15) is 0 Å². The molecule has 4 nitrogen and oxygen atoms in total. The highest BCUT2D eigenvalue weighted by Gasteiger charge is 2.15. The second-order valence-corrected chi connectivity index (χ2v) is 4.92. The van der Waals surface area contributed by atoms with Crippen molar-refractivity contribution in [2.24, 2.45) is 5.73 Å². The smallest absolute Gasteiger partial charge is 0.119 e. The molecular weight excluding hydrogens is 230 g/mol. The lowest BCUT2D eigenvalue weighted by molar-refractivity contribution is 0.194. The fourth-order valence-corrected chi connectivity index (χ4v) is 1.59. The van der Waals surface area contributed by atoms with Gasteiger partial charge in [0.05, 0.1) is 19.8 Å². The molecule has 0 heterocycles. The van der Waals surface area contributed by atoms with Crippen molar-refractivity contribution in [1.82, 2.24) is 0 Å². The molecule has 0 saturated carbocycles. The van der Waals surface area contributed by atoms with Crippen molar-refractivity contribution in [2.45, 2.75) is 38.3 Å². The van der Waals surface area contributed by atoms with E-state index in [0.717, 1.165) is 30.6 Å². The molecule has 1 atom stereocenters. The van der Waals surface area contributed by atoms with E-state index in [1.165, 1.54) is 0 Å². The predicted octanol–water partition coefficient (Wildman–Crippen LogP) is 1.44. The third-order valence-corrected chi connectivity index (χ3v) is 2.88. The maximum Gasteiger partial charge on any atom is 0.119 e. The van der Waals surface area contributed by atoms with Gasteiger partial charge in [0.1, 0.15) is 5.75 Å². The Bertz CT molecular complexity index is 335. The predicted molar refractivity (Wildman–Crippen MR) is 71.4 cm³/mol. The molecule has 0 amide bonds. The quantitative estimate of drug-likeness (QED) is 0.613. The average molecular weight is 253 g/mol. The first-order valence-corrected chi connectivity index (χ1v) is 6.30. The van der Waals surface area contributed by atoms with Crippen LogP contribution in [0.2, 0.25) is 0 Å². The largest absolute Gasteiger partial charge is 0.494 e. The zero-order valence-corrected chi connectivity index (χ0v) is 10.9. The van der Waals surface area contributed by atoms with Gasteiger partial charge >= 0.3 is 0 Å². The van der Waals surface area contributed by atoms with Crippen molar-refractivity contribution >= 4 is 0 Å². The van der Waals surface area contributed by atoms with Crippen LogP contribution in [0.4, 0.5) is 0 Å². The van der Waals surface area contributed by atoms with E-state index >= 15 is 0 Å². The number of hydrogen-bond acceptors (Lipinski definition) is 4. The van der Waals surface area contributed by atoms with Crippen molar-refractivity contribution in [3.63, 3.8) is 0 Å². The summed E-state index contributed by atoms with van der Waals surface area (Å²) in [4.78, 5) is 0. The van der Waals surface area contributed by atoms with Crippen molar-refractivity contribution in [1.29, 1.82) is 0 Å². The molecule has 0 fully saturated rings. The van der Waals surface area contributed by atoms with E-state index in [1.807, 2.05) is 31.2 Å². The van der Waals surface area contributed by atoms with Gasteiger partial charge in [-0.25, -0.2) is 0 Å². The minimum atomic E-state index is -0.483. The summed E-state index contributed by atoms with van der Waals surface area (Å²) in [6.45, 7) is 2.55. The van der Waals surface area contributed by atoms with Crippen molar-refractivity contribution in [3.05, 3.63) is 29.8 Å². The molecular formula is C14H23NO3. The fraction of sp³-hybridized carbons (Fsp3) is 0.571. The van der Waals surface area contributed by atoms with Gasteiger partial charge in [-0.05, 0) is 43.9 Å². The Labute approximate surface area is 108 Å². The Balaban J connectivity index is 2.17. The Morgan fingerprint density at radius 2 is 1.83 bits per heavy atom. The molecule has 0 aromatic heterocycles. The van der Waals surface area contributed by atoms with E-state index in [0.29, 0.717) is 6.61 Å². The lowest BCUT2D eigenvalue weighted by Crippen LogP contribution is -2.39. The lowest BCUT2D eigenvalue weighted by atomic mass is 9.97. The number of hydrogen-bond donors (Lipinski definition) is 3. The number of unbranched alkanes of at least 4 members (excludes halogenated alkanes) is 1. The van der Waals surface area contributed by atoms with E-state index in [4.69, 9.17) is 20.7 Å². The van der Waals surface area contributed by atoms with Crippen LogP contribution in [0.25, 0.3) is 0 Å². The summed E-state index contributed by atoms with van der Waals surface area (Å²) in [5.74, 6) is 0.810. The van der Waals surface area contributed by atoms with Gasteiger partial charge in [-0.1, -0.05) is 12.1 Å². The minimum absolute atomic E-state index is 0.0104. The van der Waals surface area contributed by atoms with Gasteiger partial charge in [-0.15, -0.1) is 0 Å². The second kappa shape index (κ2) is 7.36. The van der Waals surface area contributed by atoms with Gasteiger partial charge in [0, 0.05) is 5.54 Å². The summed E-state index contributed by atoms with van der Waals surface area (Å²) < 4.78 is 5.57. The molecule has 1 aromatic rings. The van der Waals surface area contributed by atoms with Crippen LogP contribution < -0.4 is 10.5 Å². The highest BCUT2D eigenvalue weighted by molar-refractivity contribution is 5.26. The Hall–Kier alpha value is -1.10. The Kier molecular flexibility index (Phi) is 6.12. The molecule has 0 aliphatic heterocycles. The zero-order chi connectivity index (χ0) is 13.4. The van der Waals surface area contributed by atoms with Crippen LogP contribution in [-0.4, -0.2) is 29.0 Å². The Morgan fingerprint density at radius 1 is 1.17 bits per heavy atom. The number of rotatable bonds is 8. The van der Waals surface area contributed by atoms with Crippen LogP contribution >= 0.6 is 0 Å². The third-order valence-electron chi connectivity index (χ3n) is 2.88.